The normalized spacial score (nSPS) is 15.1. The van der Waals surface area contributed by atoms with E-state index in [2.05, 4.69) is 41.2 Å². The monoisotopic (exact) mass is 782 g/mol. The standard InChI is InChI=1S/C41H54N8O6Si/c1-25-18-27(12-14-29(25)26(2)45-35(50)36-46-37(47-55-36)39(3,4)5)33-30-19-32(49(34(30)44-23-43-33)24-53-16-17-56(9,10)11)31-15-13-28(20-42-31)41(52)21-48(22-41)38(51)54-40(6,7)8/h12-15,18-20,23,26,52H,16-17,21-22,24H2,1-11H3,(H,45,50)/t26-/m1/s1. The minimum atomic E-state index is -1.32. The molecule has 5 aromatic rings. The Morgan fingerprint density at radius 1 is 1.04 bits per heavy atom. The maximum absolute atomic E-state index is 13.0. The minimum absolute atomic E-state index is 0.0721. The van der Waals surface area contributed by atoms with Crippen LogP contribution in [0, 0.1) is 6.92 Å². The summed E-state index contributed by atoms with van der Waals surface area (Å²) in [7, 11) is -1.32. The zero-order valence-electron chi connectivity index (χ0n) is 34.4. The highest BCUT2D eigenvalue weighted by Crippen LogP contribution is 2.36. The van der Waals surface area contributed by atoms with Crippen molar-refractivity contribution in [3.63, 3.8) is 0 Å². The van der Waals surface area contributed by atoms with Gasteiger partial charge in [0.25, 0.3) is 0 Å². The fourth-order valence-corrected chi connectivity index (χ4v) is 7.24. The molecule has 0 saturated carbocycles. The van der Waals surface area contributed by atoms with E-state index < -0.39 is 31.3 Å². The molecule has 1 aliphatic heterocycles. The summed E-state index contributed by atoms with van der Waals surface area (Å²) in [6.07, 6.45) is 2.76. The molecule has 1 saturated heterocycles. The van der Waals surface area contributed by atoms with Crippen molar-refractivity contribution in [3.8, 4) is 22.6 Å². The first-order valence-corrected chi connectivity index (χ1v) is 22.7. The number of aryl methyl sites for hydroxylation is 1. The lowest BCUT2D eigenvalue weighted by molar-refractivity contribution is -0.103. The Balaban J connectivity index is 1.27. The van der Waals surface area contributed by atoms with Gasteiger partial charge in [-0.05, 0) is 70.0 Å². The average molecular weight is 783 g/mol. The summed E-state index contributed by atoms with van der Waals surface area (Å²) in [5.41, 5.74) is 4.12. The molecule has 1 aromatic carbocycles. The number of rotatable bonds is 11. The second-order valence-corrected chi connectivity index (χ2v) is 23.6. The van der Waals surface area contributed by atoms with Gasteiger partial charge in [0.15, 0.2) is 5.82 Å². The van der Waals surface area contributed by atoms with E-state index in [0.717, 1.165) is 39.5 Å². The number of likely N-dealkylation sites (tertiary alicyclic amines) is 1. The van der Waals surface area contributed by atoms with Crippen LogP contribution in [0.2, 0.25) is 25.7 Å². The molecule has 0 unspecified atom stereocenters. The predicted molar refractivity (Wildman–Crippen MR) is 216 cm³/mol. The van der Waals surface area contributed by atoms with Crippen molar-refractivity contribution in [3.05, 3.63) is 77.3 Å². The zero-order chi connectivity index (χ0) is 40.8. The van der Waals surface area contributed by atoms with Gasteiger partial charge in [0.2, 0.25) is 0 Å². The lowest BCUT2D eigenvalue weighted by Crippen LogP contribution is -2.61. The van der Waals surface area contributed by atoms with Crippen molar-refractivity contribution in [1.29, 1.82) is 0 Å². The van der Waals surface area contributed by atoms with E-state index in [1.165, 1.54) is 4.90 Å². The maximum Gasteiger partial charge on any atom is 0.410 e. The Kier molecular flexibility index (Phi) is 11.0. The number of ether oxygens (including phenoxy) is 2. The number of fused-ring (bicyclic) bond motifs is 1. The highest BCUT2D eigenvalue weighted by molar-refractivity contribution is 6.76. The highest BCUT2D eigenvalue weighted by Gasteiger charge is 2.46. The highest BCUT2D eigenvalue weighted by atomic mass is 28.3. The molecule has 1 atom stereocenters. The Bertz CT molecular complexity index is 2220. The fraction of sp³-hybridized carbons (Fsp3) is 0.488. The molecule has 0 radical (unpaired) electrons. The van der Waals surface area contributed by atoms with Gasteiger partial charge in [-0.1, -0.05) is 63.8 Å². The van der Waals surface area contributed by atoms with Crippen molar-refractivity contribution in [2.45, 2.75) is 110 Å². The Morgan fingerprint density at radius 2 is 1.77 bits per heavy atom. The van der Waals surface area contributed by atoms with Gasteiger partial charge in [-0.3, -0.25) is 14.3 Å². The lowest BCUT2D eigenvalue weighted by Gasteiger charge is -2.46. The van der Waals surface area contributed by atoms with Crippen LogP contribution in [0.5, 0.6) is 0 Å². The number of carbonyl (C=O) groups excluding carboxylic acids is 2. The minimum Gasteiger partial charge on any atom is -0.444 e. The Hall–Kier alpha value is -4.99. The van der Waals surface area contributed by atoms with Gasteiger partial charge in [0, 0.05) is 42.8 Å². The van der Waals surface area contributed by atoms with Crippen LogP contribution in [-0.2, 0) is 27.2 Å². The summed E-state index contributed by atoms with van der Waals surface area (Å²) in [6, 6.07) is 12.5. The number of hydrogen-bond acceptors (Lipinski definition) is 11. The van der Waals surface area contributed by atoms with Gasteiger partial charge in [-0.25, -0.2) is 14.8 Å². The summed E-state index contributed by atoms with van der Waals surface area (Å²) < 4.78 is 19.0. The van der Waals surface area contributed by atoms with E-state index in [1.54, 1.807) is 12.5 Å². The molecule has 15 heteroatoms. The molecule has 0 aliphatic carbocycles. The van der Waals surface area contributed by atoms with Gasteiger partial charge in [0.1, 0.15) is 29.9 Å². The predicted octanol–water partition coefficient (Wildman–Crippen LogP) is 7.39. The second-order valence-electron chi connectivity index (χ2n) is 18.0. The molecule has 2 amide bonds. The molecule has 14 nitrogen and oxygen atoms in total. The third-order valence-electron chi connectivity index (χ3n) is 9.68. The SMILES string of the molecule is Cc1cc(-c2ncnc3c2cc(-c2ccc(C4(O)CN(C(=O)OC(C)(C)C)C4)cn2)n3COCC[Si](C)(C)C)ccc1[C@@H](C)NC(=O)c1nc(C(C)(C)C)no1. The summed E-state index contributed by atoms with van der Waals surface area (Å²) in [5.74, 6) is -0.0407. The third-order valence-corrected chi connectivity index (χ3v) is 11.4. The van der Waals surface area contributed by atoms with E-state index in [-0.39, 0.29) is 37.2 Å². The molecule has 1 fully saturated rings. The second kappa shape index (κ2) is 15.2. The molecule has 5 heterocycles. The third kappa shape index (κ3) is 9.00. The summed E-state index contributed by atoms with van der Waals surface area (Å²) >= 11 is 0. The topological polar surface area (TPSA) is 171 Å². The maximum atomic E-state index is 13.0. The lowest BCUT2D eigenvalue weighted by atomic mass is 9.87. The van der Waals surface area contributed by atoms with E-state index in [0.29, 0.717) is 29.3 Å². The number of nitrogens with one attached hydrogen (secondary N) is 1. The number of nitrogens with zero attached hydrogens (tertiary/aromatic N) is 7. The Labute approximate surface area is 329 Å². The van der Waals surface area contributed by atoms with E-state index in [4.69, 9.17) is 28.9 Å². The largest absolute Gasteiger partial charge is 0.444 e. The van der Waals surface area contributed by atoms with Crippen LogP contribution >= 0.6 is 0 Å². The first-order valence-electron chi connectivity index (χ1n) is 19.0. The van der Waals surface area contributed by atoms with Crippen molar-refractivity contribution in [2.24, 2.45) is 0 Å². The number of pyridine rings is 1. The number of carbonyl (C=O) groups is 2. The van der Waals surface area contributed by atoms with Crippen LogP contribution in [0.1, 0.15) is 87.7 Å². The number of benzene rings is 1. The van der Waals surface area contributed by atoms with Gasteiger partial charge in [-0.2, -0.15) is 4.98 Å². The quantitative estimate of drug-likeness (QED) is 0.101. The van der Waals surface area contributed by atoms with Gasteiger partial charge < -0.3 is 29.3 Å². The van der Waals surface area contributed by atoms with Crippen LogP contribution in [0.15, 0.2) is 53.4 Å². The smallest absolute Gasteiger partial charge is 0.410 e. The molecule has 4 aromatic heterocycles. The van der Waals surface area contributed by atoms with Crippen molar-refractivity contribution >= 4 is 31.1 Å². The molecule has 56 heavy (non-hydrogen) atoms. The molecule has 1 aliphatic rings. The molecule has 0 spiro atoms. The van der Waals surface area contributed by atoms with Crippen molar-refractivity contribution in [1.82, 2.24) is 39.9 Å². The van der Waals surface area contributed by atoms with Crippen LogP contribution in [-0.4, -0.2) is 85.0 Å². The molecule has 298 valence electrons. The van der Waals surface area contributed by atoms with Crippen LogP contribution < -0.4 is 5.32 Å². The zero-order valence-corrected chi connectivity index (χ0v) is 35.4. The van der Waals surface area contributed by atoms with Crippen LogP contribution in [0.25, 0.3) is 33.7 Å². The Morgan fingerprint density at radius 3 is 2.38 bits per heavy atom. The van der Waals surface area contributed by atoms with Gasteiger partial charge >= 0.3 is 17.9 Å². The molecule has 0 bridgehead atoms. The van der Waals surface area contributed by atoms with Crippen LogP contribution in [0.3, 0.4) is 0 Å². The van der Waals surface area contributed by atoms with Crippen molar-refractivity contribution < 1.29 is 28.7 Å². The molecule has 2 N–H and O–H groups in total. The number of hydrogen-bond donors (Lipinski definition) is 2. The summed E-state index contributed by atoms with van der Waals surface area (Å²) in [6.45, 7) is 23.3. The molecular formula is C41H54N8O6Si. The molecule has 6 rings (SSSR count). The summed E-state index contributed by atoms with van der Waals surface area (Å²) in [4.78, 5) is 45.5. The first kappa shape index (κ1) is 40.7. The van der Waals surface area contributed by atoms with E-state index >= 15 is 0 Å². The summed E-state index contributed by atoms with van der Waals surface area (Å²) in [5, 5.41) is 19.1. The van der Waals surface area contributed by atoms with Crippen molar-refractivity contribution in [2.75, 3.05) is 19.7 Å². The average Bonchev–Trinajstić information content (AvgIpc) is 3.74. The van der Waals surface area contributed by atoms with Gasteiger partial charge in [-0.15, -0.1) is 0 Å². The van der Waals surface area contributed by atoms with Gasteiger partial charge in [0.05, 0.1) is 36.2 Å². The van der Waals surface area contributed by atoms with E-state index in [1.807, 2.05) is 90.3 Å². The number of amides is 2. The van der Waals surface area contributed by atoms with Crippen LogP contribution in [0.4, 0.5) is 4.79 Å². The number of β-amino-alcohol motifs (C(OH)–C–C–N with tert-alkyl or cyclic N) is 1. The number of aromatic nitrogens is 6. The first-order chi connectivity index (χ1) is 26.1. The molecular weight excluding hydrogens is 729 g/mol. The van der Waals surface area contributed by atoms with E-state index in [9.17, 15) is 14.7 Å². The fourth-order valence-electron chi connectivity index (χ4n) is 6.48. The number of aliphatic hydroxyl groups is 1.